The van der Waals surface area contributed by atoms with E-state index in [2.05, 4.69) is 0 Å². The van der Waals surface area contributed by atoms with Gasteiger partial charge in [-0.25, -0.2) is 4.39 Å². The fourth-order valence-electron chi connectivity index (χ4n) is 2.70. The van der Waals surface area contributed by atoms with Crippen LogP contribution in [0.2, 0.25) is 5.02 Å². The highest BCUT2D eigenvalue weighted by Gasteiger charge is 2.41. The van der Waals surface area contributed by atoms with Crippen LogP contribution in [0.4, 0.5) is 4.39 Å². The van der Waals surface area contributed by atoms with E-state index >= 15 is 0 Å². The van der Waals surface area contributed by atoms with Crippen LogP contribution in [-0.4, -0.2) is 17.8 Å². The van der Waals surface area contributed by atoms with Crippen LogP contribution in [0.25, 0.3) is 0 Å². The third-order valence-corrected chi connectivity index (χ3v) is 4.13. The summed E-state index contributed by atoms with van der Waals surface area (Å²) in [4.78, 5) is 0. The molecule has 0 spiro atoms. The van der Waals surface area contributed by atoms with E-state index in [1.165, 1.54) is 6.07 Å². The maximum absolute atomic E-state index is 13.8. The molecule has 2 unspecified atom stereocenters. The van der Waals surface area contributed by atoms with E-state index in [9.17, 15) is 9.50 Å². The first-order valence-corrected chi connectivity index (χ1v) is 6.28. The monoisotopic (exact) mass is 257 g/mol. The highest BCUT2D eigenvalue weighted by molar-refractivity contribution is 6.30. The van der Waals surface area contributed by atoms with Crippen molar-refractivity contribution in [2.24, 2.45) is 11.1 Å². The fourth-order valence-corrected chi connectivity index (χ4v) is 2.90. The van der Waals surface area contributed by atoms with Crippen LogP contribution in [0.5, 0.6) is 0 Å². The van der Waals surface area contributed by atoms with E-state index in [-0.39, 0.29) is 16.3 Å². The minimum Gasteiger partial charge on any atom is -0.392 e. The van der Waals surface area contributed by atoms with E-state index in [1.807, 2.05) is 0 Å². The van der Waals surface area contributed by atoms with E-state index < -0.39 is 6.10 Å². The van der Waals surface area contributed by atoms with E-state index in [1.54, 1.807) is 12.1 Å². The second kappa shape index (κ2) is 4.92. The lowest BCUT2D eigenvalue weighted by atomic mass is 9.78. The lowest BCUT2D eigenvalue weighted by molar-refractivity contribution is 0.0582. The average Bonchev–Trinajstić information content (AvgIpc) is 2.67. The van der Waals surface area contributed by atoms with Crippen molar-refractivity contribution in [1.82, 2.24) is 0 Å². The van der Waals surface area contributed by atoms with Gasteiger partial charge in [-0.1, -0.05) is 30.2 Å². The molecule has 0 radical (unpaired) electrons. The van der Waals surface area contributed by atoms with Crippen molar-refractivity contribution in [2.75, 3.05) is 6.54 Å². The second-order valence-corrected chi connectivity index (χ2v) is 5.27. The van der Waals surface area contributed by atoms with Gasteiger partial charge < -0.3 is 10.8 Å². The predicted octanol–water partition coefficient (Wildman–Crippen LogP) is 2.51. The van der Waals surface area contributed by atoms with Crippen LogP contribution in [0.3, 0.4) is 0 Å². The molecule has 0 aromatic heterocycles. The number of hydrogen-bond acceptors (Lipinski definition) is 2. The Morgan fingerprint density at radius 3 is 2.88 bits per heavy atom. The number of halogens is 2. The SMILES string of the molecule is NCC1(Cc2cccc(Cl)c2F)CCCC1O. The standard InChI is InChI=1S/C13H17ClFNO/c14-10-4-1-3-9(12(10)15)7-13(8-16)6-2-5-11(13)17/h1,3-4,11,17H,2,5-8,16H2. The molecule has 1 aliphatic rings. The van der Waals surface area contributed by atoms with Crippen molar-refractivity contribution in [2.45, 2.75) is 31.8 Å². The number of aliphatic hydroxyl groups is 1. The van der Waals surface area contributed by atoms with Crippen LogP contribution >= 0.6 is 11.6 Å². The zero-order valence-electron chi connectivity index (χ0n) is 9.63. The summed E-state index contributed by atoms with van der Waals surface area (Å²) in [6.07, 6.45) is 2.55. The van der Waals surface area contributed by atoms with Crippen molar-refractivity contribution in [3.8, 4) is 0 Å². The molecule has 0 saturated heterocycles. The molecule has 0 aliphatic heterocycles. The molecule has 1 fully saturated rings. The minimum atomic E-state index is -0.439. The molecule has 4 heteroatoms. The van der Waals surface area contributed by atoms with Crippen LogP contribution in [0.1, 0.15) is 24.8 Å². The van der Waals surface area contributed by atoms with Crippen molar-refractivity contribution in [1.29, 1.82) is 0 Å². The smallest absolute Gasteiger partial charge is 0.144 e. The summed E-state index contributed by atoms with van der Waals surface area (Å²) in [5.74, 6) is -0.388. The first-order chi connectivity index (χ1) is 8.09. The molecule has 3 N–H and O–H groups in total. The Bertz CT molecular complexity index is 412. The van der Waals surface area contributed by atoms with Gasteiger partial charge in [0.15, 0.2) is 0 Å². The van der Waals surface area contributed by atoms with Gasteiger partial charge in [0.2, 0.25) is 0 Å². The predicted molar refractivity (Wildman–Crippen MR) is 66.5 cm³/mol. The van der Waals surface area contributed by atoms with Gasteiger partial charge in [0, 0.05) is 12.0 Å². The molecule has 1 aromatic rings. The van der Waals surface area contributed by atoms with Crippen molar-refractivity contribution in [3.63, 3.8) is 0 Å². The van der Waals surface area contributed by atoms with Crippen LogP contribution in [0, 0.1) is 11.2 Å². The zero-order chi connectivity index (χ0) is 12.5. The van der Waals surface area contributed by atoms with Gasteiger partial charge in [0.05, 0.1) is 11.1 Å². The molecule has 2 atom stereocenters. The van der Waals surface area contributed by atoms with Gasteiger partial charge >= 0.3 is 0 Å². The lowest BCUT2D eigenvalue weighted by Gasteiger charge is -2.31. The number of rotatable bonds is 3. The highest BCUT2D eigenvalue weighted by Crippen LogP contribution is 2.41. The maximum Gasteiger partial charge on any atom is 0.144 e. The number of nitrogens with two attached hydrogens (primary N) is 1. The van der Waals surface area contributed by atoms with Crippen molar-refractivity contribution >= 4 is 11.6 Å². The van der Waals surface area contributed by atoms with Gasteiger partial charge in [-0.3, -0.25) is 0 Å². The van der Waals surface area contributed by atoms with Crippen LogP contribution in [0.15, 0.2) is 18.2 Å². The van der Waals surface area contributed by atoms with Crippen LogP contribution < -0.4 is 5.73 Å². The van der Waals surface area contributed by atoms with Crippen molar-refractivity contribution in [3.05, 3.63) is 34.6 Å². The first kappa shape index (κ1) is 12.8. The quantitative estimate of drug-likeness (QED) is 0.874. The lowest BCUT2D eigenvalue weighted by Crippen LogP contribution is -2.39. The molecule has 1 aliphatic carbocycles. The van der Waals surface area contributed by atoms with Gasteiger partial charge in [-0.2, -0.15) is 0 Å². The van der Waals surface area contributed by atoms with Gasteiger partial charge in [-0.05, 0) is 30.9 Å². The Labute approximate surface area is 106 Å². The molecule has 94 valence electrons. The minimum absolute atomic E-state index is 0.127. The molecule has 0 heterocycles. The summed E-state index contributed by atoms with van der Waals surface area (Å²) in [6.45, 7) is 0.375. The third kappa shape index (κ3) is 2.32. The Morgan fingerprint density at radius 1 is 1.53 bits per heavy atom. The summed E-state index contributed by atoms with van der Waals surface area (Å²) in [6, 6.07) is 4.97. The van der Waals surface area contributed by atoms with Crippen LogP contribution in [-0.2, 0) is 6.42 Å². The Morgan fingerprint density at radius 2 is 2.29 bits per heavy atom. The summed E-state index contributed by atoms with van der Waals surface area (Å²) < 4.78 is 13.8. The fraction of sp³-hybridized carbons (Fsp3) is 0.538. The summed E-state index contributed by atoms with van der Waals surface area (Å²) in [5, 5.41) is 10.2. The molecule has 0 bridgehead atoms. The Hall–Kier alpha value is -0.640. The van der Waals surface area contributed by atoms with Gasteiger partial charge in [0.25, 0.3) is 0 Å². The molecule has 2 rings (SSSR count). The van der Waals surface area contributed by atoms with Crippen molar-refractivity contribution < 1.29 is 9.50 Å². The van der Waals surface area contributed by atoms with E-state index in [0.29, 0.717) is 18.5 Å². The van der Waals surface area contributed by atoms with Gasteiger partial charge in [-0.15, -0.1) is 0 Å². The topological polar surface area (TPSA) is 46.2 Å². The Balaban J connectivity index is 2.27. The first-order valence-electron chi connectivity index (χ1n) is 5.90. The molecular formula is C13H17ClFNO. The molecule has 17 heavy (non-hydrogen) atoms. The largest absolute Gasteiger partial charge is 0.392 e. The third-order valence-electron chi connectivity index (χ3n) is 3.84. The molecular weight excluding hydrogens is 241 g/mol. The second-order valence-electron chi connectivity index (χ2n) is 4.86. The molecule has 2 nitrogen and oxygen atoms in total. The molecule has 0 amide bonds. The molecule has 1 aromatic carbocycles. The Kier molecular flexibility index (Phi) is 3.71. The zero-order valence-corrected chi connectivity index (χ0v) is 10.4. The van der Waals surface area contributed by atoms with E-state index in [0.717, 1.165) is 19.3 Å². The maximum atomic E-state index is 13.8. The summed E-state index contributed by atoms with van der Waals surface area (Å²) in [5.41, 5.74) is 5.94. The average molecular weight is 258 g/mol. The normalized spacial score (nSPS) is 28.6. The molecule has 1 saturated carbocycles. The number of hydrogen-bond donors (Lipinski definition) is 2. The summed E-state index contributed by atoms with van der Waals surface area (Å²) >= 11 is 5.76. The summed E-state index contributed by atoms with van der Waals surface area (Å²) in [7, 11) is 0. The van der Waals surface area contributed by atoms with Gasteiger partial charge in [0.1, 0.15) is 5.82 Å². The number of aliphatic hydroxyl groups excluding tert-OH is 1. The van der Waals surface area contributed by atoms with E-state index in [4.69, 9.17) is 17.3 Å². The highest BCUT2D eigenvalue weighted by atomic mass is 35.5. The number of benzene rings is 1.